The van der Waals surface area contributed by atoms with Crippen molar-refractivity contribution in [3.63, 3.8) is 0 Å². The average Bonchev–Trinajstić information content (AvgIpc) is 3.10. The second-order valence-electron chi connectivity index (χ2n) is 7.01. The Morgan fingerprint density at radius 3 is 2.59 bits per heavy atom. The van der Waals surface area contributed by atoms with Crippen molar-refractivity contribution in [2.24, 2.45) is 0 Å². The molecule has 1 atom stereocenters. The van der Waals surface area contributed by atoms with Crippen LogP contribution in [0.3, 0.4) is 0 Å². The number of ether oxygens (including phenoxy) is 1. The molecule has 0 aliphatic heterocycles. The van der Waals surface area contributed by atoms with Crippen molar-refractivity contribution < 1.29 is 24.0 Å². The third-order valence-corrected chi connectivity index (χ3v) is 4.96. The van der Waals surface area contributed by atoms with E-state index >= 15 is 0 Å². The van der Waals surface area contributed by atoms with Crippen LogP contribution < -0.4 is 5.32 Å². The lowest BCUT2D eigenvalue weighted by atomic mass is 10.1. The smallest absolute Gasteiger partial charge is 0.412 e. The predicted octanol–water partition coefficient (Wildman–Crippen LogP) is 5.36. The van der Waals surface area contributed by atoms with Gasteiger partial charge in [0.05, 0.1) is 0 Å². The first kappa shape index (κ1) is 22.9. The number of amides is 1. The van der Waals surface area contributed by atoms with Crippen LogP contribution in [0.4, 0.5) is 10.5 Å². The third kappa shape index (κ3) is 6.13. The van der Waals surface area contributed by atoms with Crippen LogP contribution in [-0.2, 0) is 16.0 Å². The summed E-state index contributed by atoms with van der Waals surface area (Å²) in [6, 6.07) is 14.4. The molecule has 3 rings (SSSR count). The highest BCUT2D eigenvalue weighted by atomic mass is 35.5. The van der Waals surface area contributed by atoms with Gasteiger partial charge in [0.2, 0.25) is 5.76 Å². The van der Waals surface area contributed by atoms with E-state index in [2.05, 4.69) is 22.3 Å². The summed E-state index contributed by atoms with van der Waals surface area (Å²) in [5.41, 5.74) is 3.09. The Labute approximate surface area is 190 Å². The van der Waals surface area contributed by atoms with Crippen LogP contribution in [-0.4, -0.2) is 22.3 Å². The Bertz CT molecular complexity index is 1180. The largest absolute Gasteiger partial charge is 0.481 e. The zero-order valence-corrected chi connectivity index (χ0v) is 18.3. The normalized spacial score (nSPS) is 11.2. The molecule has 0 spiro atoms. The minimum Gasteiger partial charge on any atom is -0.481 e. The van der Waals surface area contributed by atoms with E-state index in [0.29, 0.717) is 34.0 Å². The van der Waals surface area contributed by atoms with E-state index in [9.17, 15) is 9.59 Å². The number of nitrogens with zero attached hydrogens (tertiary/aromatic N) is 1. The number of carboxylic acid groups (broad SMARTS) is 1. The van der Waals surface area contributed by atoms with Crippen LogP contribution in [0.15, 0.2) is 53.1 Å². The van der Waals surface area contributed by atoms with E-state index in [1.807, 2.05) is 18.2 Å². The van der Waals surface area contributed by atoms with Gasteiger partial charge in [-0.05, 0) is 50.0 Å². The summed E-state index contributed by atoms with van der Waals surface area (Å²) < 4.78 is 10.7. The Morgan fingerprint density at radius 2 is 1.91 bits per heavy atom. The second-order valence-corrected chi connectivity index (χ2v) is 7.41. The van der Waals surface area contributed by atoms with Gasteiger partial charge in [0, 0.05) is 22.6 Å². The average molecular weight is 453 g/mol. The van der Waals surface area contributed by atoms with Crippen LogP contribution in [0.2, 0.25) is 5.02 Å². The van der Waals surface area contributed by atoms with Crippen molar-refractivity contribution in [1.29, 1.82) is 0 Å². The lowest BCUT2D eigenvalue weighted by Gasteiger charge is -2.15. The number of aromatic nitrogens is 1. The van der Waals surface area contributed by atoms with Gasteiger partial charge < -0.3 is 14.4 Å². The molecule has 32 heavy (non-hydrogen) atoms. The van der Waals surface area contributed by atoms with Crippen molar-refractivity contribution in [3.05, 3.63) is 81.7 Å². The molecule has 3 aromatic rings. The molecule has 1 heterocycles. The number of benzene rings is 2. The number of anilines is 1. The molecule has 0 bridgehead atoms. The molecule has 8 heteroatoms. The lowest BCUT2D eigenvalue weighted by Crippen LogP contribution is -2.17. The van der Waals surface area contributed by atoms with Crippen LogP contribution in [0, 0.1) is 18.8 Å². The molecule has 0 aliphatic rings. The molecular formula is C24H21ClN2O5. The molecule has 0 saturated carbocycles. The molecule has 1 unspecified atom stereocenters. The van der Waals surface area contributed by atoms with Gasteiger partial charge >= 0.3 is 12.1 Å². The van der Waals surface area contributed by atoms with Gasteiger partial charge in [0.25, 0.3) is 0 Å². The van der Waals surface area contributed by atoms with E-state index in [-0.39, 0.29) is 12.2 Å². The van der Waals surface area contributed by atoms with E-state index in [1.165, 1.54) is 0 Å². The summed E-state index contributed by atoms with van der Waals surface area (Å²) in [6.45, 7) is 3.40. The number of halogens is 1. The van der Waals surface area contributed by atoms with Crippen molar-refractivity contribution >= 4 is 29.4 Å². The van der Waals surface area contributed by atoms with Gasteiger partial charge in [-0.3, -0.25) is 10.1 Å². The molecule has 7 nitrogen and oxygen atoms in total. The molecule has 164 valence electrons. The molecule has 2 aromatic carbocycles. The van der Waals surface area contributed by atoms with Gasteiger partial charge in [-0.2, -0.15) is 0 Å². The quantitative estimate of drug-likeness (QED) is 0.488. The summed E-state index contributed by atoms with van der Waals surface area (Å²) in [5, 5.41) is 15.8. The maximum absolute atomic E-state index is 12.4. The maximum Gasteiger partial charge on any atom is 0.412 e. The SMILES string of the molecule is Cc1noc(C#Cc2ccc(CCC(=O)O)cc2)c1NC(=O)OC(C)c1ccccc1Cl. The van der Waals surface area contributed by atoms with Crippen LogP contribution in [0.1, 0.15) is 47.6 Å². The van der Waals surface area contributed by atoms with Crippen LogP contribution in [0.25, 0.3) is 0 Å². The number of hydrogen-bond donors (Lipinski definition) is 2. The van der Waals surface area contributed by atoms with Crippen LogP contribution >= 0.6 is 11.6 Å². The molecule has 1 aromatic heterocycles. The number of hydrogen-bond acceptors (Lipinski definition) is 5. The summed E-state index contributed by atoms with van der Waals surface area (Å²) in [5.74, 6) is 5.16. The lowest BCUT2D eigenvalue weighted by molar-refractivity contribution is -0.136. The van der Waals surface area contributed by atoms with E-state index in [1.54, 1.807) is 44.2 Å². The fraction of sp³-hybridized carbons (Fsp3) is 0.208. The first-order valence-corrected chi connectivity index (χ1v) is 10.2. The van der Waals surface area contributed by atoms with E-state index < -0.39 is 18.2 Å². The van der Waals surface area contributed by atoms with Crippen molar-refractivity contribution in [2.45, 2.75) is 32.8 Å². The highest BCUT2D eigenvalue weighted by Gasteiger charge is 2.18. The number of carbonyl (C=O) groups is 2. The minimum absolute atomic E-state index is 0.0720. The number of carbonyl (C=O) groups excluding carboxylic acids is 1. The molecule has 0 radical (unpaired) electrons. The predicted molar refractivity (Wildman–Crippen MR) is 120 cm³/mol. The second kappa shape index (κ2) is 10.5. The Hall–Kier alpha value is -3.76. The molecule has 0 aliphatic carbocycles. The van der Waals surface area contributed by atoms with Crippen LogP contribution in [0.5, 0.6) is 0 Å². The molecule has 2 N–H and O–H groups in total. The van der Waals surface area contributed by atoms with Gasteiger partial charge in [-0.15, -0.1) is 0 Å². The molecular weight excluding hydrogens is 432 g/mol. The third-order valence-electron chi connectivity index (χ3n) is 4.62. The van der Waals surface area contributed by atoms with Gasteiger partial charge in [-0.1, -0.05) is 53.0 Å². The van der Waals surface area contributed by atoms with Crippen molar-refractivity contribution in [3.8, 4) is 11.8 Å². The highest BCUT2D eigenvalue weighted by Crippen LogP contribution is 2.26. The van der Waals surface area contributed by atoms with Crippen molar-refractivity contribution in [1.82, 2.24) is 5.16 Å². The van der Waals surface area contributed by atoms with E-state index in [4.69, 9.17) is 26.0 Å². The topological polar surface area (TPSA) is 102 Å². The number of rotatable bonds is 6. The molecule has 0 fully saturated rings. The van der Waals surface area contributed by atoms with E-state index in [0.717, 1.165) is 5.56 Å². The molecule has 0 saturated heterocycles. The summed E-state index contributed by atoms with van der Waals surface area (Å²) in [4.78, 5) is 23.1. The summed E-state index contributed by atoms with van der Waals surface area (Å²) in [7, 11) is 0. The zero-order valence-electron chi connectivity index (χ0n) is 17.5. The Balaban J connectivity index is 1.67. The fourth-order valence-electron chi connectivity index (χ4n) is 2.90. The first-order chi connectivity index (χ1) is 15.3. The summed E-state index contributed by atoms with van der Waals surface area (Å²) >= 11 is 6.16. The number of nitrogens with one attached hydrogen (secondary N) is 1. The minimum atomic E-state index is -0.839. The fourth-order valence-corrected chi connectivity index (χ4v) is 3.19. The Kier molecular flexibility index (Phi) is 7.53. The van der Waals surface area contributed by atoms with Crippen molar-refractivity contribution in [2.75, 3.05) is 5.32 Å². The standard InChI is InChI=1S/C24H21ClN2O5/c1-15-23(26-24(30)31-16(2)19-5-3-4-6-20(19)25)21(32-27-15)13-11-17-7-9-18(10-8-17)12-14-22(28)29/h3-10,16H,12,14H2,1-2H3,(H,26,30)(H,28,29). The Morgan fingerprint density at radius 1 is 1.19 bits per heavy atom. The number of aliphatic carboxylic acids is 1. The van der Waals surface area contributed by atoms with Gasteiger partial charge in [0.1, 0.15) is 17.5 Å². The summed E-state index contributed by atoms with van der Waals surface area (Å²) in [6.07, 6.45) is -0.719. The first-order valence-electron chi connectivity index (χ1n) is 9.84. The number of carboxylic acids is 1. The molecule has 1 amide bonds. The highest BCUT2D eigenvalue weighted by molar-refractivity contribution is 6.31. The van der Waals surface area contributed by atoms with Gasteiger partial charge in [0.15, 0.2) is 0 Å². The zero-order chi connectivity index (χ0) is 23.1. The van der Waals surface area contributed by atoms with Gasteiger partial charge in [-0.25, -0.2) is 4.79 Å². The maximum atomic E-state index is 12.4. The number of aryl methyl sites for hydroxylation is 2. The monoisotopic (exact) mass is 452 g/mol.